The average Bonchev–Trinajstić information content (AvgIpc) is 0.672. The van der Waals surface area contributed by atoms with Crippen molar-refractivity contribution in [2.45, 2.75) is 355 Å². The Bertz CT molecular complexity index is 2990. The van der Waals surface area contributed by atoms with Crippen LogP contribution >= 0.6 is 0 Å². The highest BCUT2D eigenvalue weighted by Crippen LogP contribution is 2.76. The summed E-state index contributed by atoms with van der Waals surface area (Å²) in [4.78, 5) is 44.1. The number of esters is 1. The molecule has 614 valence electrons. The maximum atomic E-state index is 16.1. The maximum absolute atomic E-state index is 16.1. The number of ether oxygens (including phenoxy) is 12. The van der Waals surface area contributed by atoms with Gasteiger partial charge in [-0.15, -0.1) is 0 Å². The molecular weight excluding hydrogens is 1410 g/mol. The van der Waals surface area contributed by atoms with E-state index in [-0.39, 0.29) is 42.9 Å². The molecule has 0 aromatic heterocycles. The highest BCUT2D eigenvalue weighted by Gasteiger charge is 2.73. The van der Waals surface area contributed by atoms with Crippen LogP contribution in [0.4, 0.5) is 0 Å². The van der Waals surface area contributed by atoms with Crippen LogP contribution in [0.25, 0.3) is 0 Å². The highest BCUT2D eigenvalue weighted by molar-refractivity contribution is 5.80. The van der Waals surface area contributed by atoms with Crippen molar-refractivity contribution in [2.75, 3.05) is 33.0 Å². The molecule has 17 N–H and O–H groups in total. The van der Waals surface area contributed by atoms with E-state index in [1.165, 1.54) is 19.8 Å². The molecule has 0 bridgehead atoms. The normalized spacial score (nSPS) is 49.9. The Hall–Kier alpha value is -2.73. The Kier molecular flexibility index (Phi) is 27.4. The largest absolute Gasteiger partial charge is 0.432 e. The molecule has 32 nitrogen and oxygen atoms in total. The summed E-state index contributed by atoms with van der Waals surface area (Å²) in [5.41, 5.74) is -4.40. The molecule has 37 atom stereocenters. The molecule has 0 aromatic carbocycles. The van der Waals surface area contributed by atoms with Gasteiger partial charge in [-0.2, -0.15) is 0 Å². The number of aliphatic hydroxyl groups is 16. The predicted molar refractivity (Wildman–Crippen MR) is 368 cm³/mol. The summed E-state index contributed by atoms with van der Waals surface area (Å²) in [6, 6.07) is -1.40. The zero-order chi connectivity index (χ0) is 77.8. The summed E-state index contributed by atoms with van der Waals surface area (Å²) >= 11 is 0. The van der Waals surface area contributed by atoms with Crippen LogP contribution < -0.4 is 5.32 Å². The lowest BCUT2D eigenvalue weighted by molar-refractivity contribution is -0.384. The first-order chi connectivity index (χ1) is 50.6. The van der Waals surface area contributed by atoms with Crippen molar-refractivity contribution in [1.29, 1.82) is 0 Å². The molecule has 6 aliphatic heterocycles. The van der Waals surface area contributed by atoms with Crippen LogP contribution in [0.3, 0.4) is 0 Å². The summed E-state index contributed by atoms with van der Waals surface area (Å²) in [6.07, 6.45) is -30.7. The van der Waals surface area contributed by atoms with Gasteiger partial charge in [0.1, 0.15) is 122 Å². The van der Waals surface area contributed by atoms with Crippen LogP contribution in [0.5, 0.6) is 0 Å². The average molecular weight is 1530 g/mol. The fourth-order valence-electron chi connectivity index (χ4n) is 20.6. The quantitative estimate of drug-likeness (QED) is 0.0158. The second-order valence-electron chi connectivity index (χ2n) is 34.5. The molecule has 10 fully saturated rings. The maximum Gasteiger partial charge on any atom is 0.317 e. The van der Waals surface area contributed by atoms with Crippen LogP contribution in [-0.4, -0.2) is 311 Å². The first-order valence-corrected chi connectivity index (χ1v) is 39.1. The number of hydrogen-bond acceptors (Lipinski definition) is 31. The van der Waals surface area contributed by atoms with Crippen LogP contribution in [0.2, 0.25) is 0 Å². The molecule has 6 heterocycles. The molecular formula is C75H123NO31. The van der Waals surface area contributed by atoms with Gasteiger partial charge in [-0.1, -0.05) is 111 Å². The fraction of sp³-hybridized carbons (Fsp3) is 0.933. The Morgan fingerprint density at radius 2 is 1.08 bits per heavy atom. The minimum Gasteiger partial charge on any atom is -0.432 e. The summed E-state index contributed by atoms with van der Waals surface area (Å²) in [5.74, 6) is -2.56. The number of amides is 1. The molecule has 1 amide bonds. The van der Waals surface area contributed by atoms with E-state index in [1.54, 1.807) is 0 Å². The van der Waals surface area contributed by atoms with Crippen molar-refractivity contribution < 1.29 is 153 Å². The summed E-state index contributed by atoms with van der Waals surface area (Å²) in [5, 5.41) is 181. The van der Waals surface area contributed by atoms with Crippen molar-refractivity contribution in [3.8, 4) is 0 Å². The van der Waals surface area contributed by atoms with Crippen LogP contribution in [0, 0.1) is 50.2 Å². The third-order valence-corrected chi connectivity index (χ3v) is 27.3. The number of hydrogen-bond donors (Lipinski definition) is 17. The third-order valence-electron chi connectivity index (χ3n) is 27.3. The molecule has 0 radical (unpaired) electrons. The van der Waals surface area contributed by atoms with E-state index in [9.17, 15) is 91.3 Å². The van der Waals surface area contributed by atoms with Crippen LogP contribution in [0.15, 0.2) is 11.6 Å². The minimum atomic E-state index is -2.00. The Labute approximate surface area is 624 Å². The summed E-state index contributed by atoms with van der Waals surface area (Å²) < 4.78 is 73.6. The molecule has 4 saturated carbocycles. The van der Waals surface area contributed by atoms with E-state index in [1.807, 2.05) is 6.92 Å². The molecule has 107 heavy (non-hydrogen) atoms. The zero-order valence-corrected chi connectivity index (χ0v) is 62.9. The number of carbonyl (C=O) groups excluding carboxylic acids is 3. The molecule has 32 heteroatoms. The topological polar surface area (TPSA) is 498 Å². The number of aldehydes is 1. The lowest BCUT2D eigenvalue weighted by Crippen LogP contribution is -2.70. The van der Waals surface area contributed by atoms with Crippen molar-refractivity contribution in [3.05, 3.63) is 11.6 Å². The fourth-order valence-corrected chi connectivity index (χ4v) is 20.6. The number of unbranched alkanes of at least 4 members (excludes halogenated alkanes) is 8. The smallest absolute Gasteiger partial charge is 0.317 e. The van der Waals surface area contributed by atoms with E-state index >= 15 is 4.79 Å². The number of allylic oxidation sites excluding steroid dienone is 2. The van der Waals surface area contributed by atoms with Gasteiger partial charge < -0.3 is 149 Å². The number of aliphatic hydroxyl groups excluding tert-OH is 16. The second-order valence-corrected chi connectivity index (χ2v) is 34.5. The van der Waals surface area contributed by atoms with Gasteiger partial charge in [-0.05, 0) is 111 Å². The van der Waals surface area contributed by atoms with Crippen molar-refractivity contribution in [1.82, 2.24) is 5.32 Å². The van der Waals surface area contributed by atoms with Gasteiger partial charge in [0.2, 0.25) is 12.2 Å². The van der Waals surface area contributed by atoms with Crippen LogP contribution in [-0.2, 0) is 71.2 Å². The molecule has 11 aliphatic rings. The number of carbonyl (C=O) groups is 3. The van der Waals surface area contributed by atoms with Crippen LogP contribution in [0.1, 0.15) is 177 Å². The second kappa shape index (κ2) is 34.4. The molecule has 14 unspecified atom stereocenters. The zero-order valence-electron chi connectivity index (χ0n) is 62.9. The van der Waals surface area contributed by atoms with Gasteiger partial charge in [0.15, 0.2) is 37.6 Å². The number of fused-ring (bicyclic) bond motifs is 7. The monoisotopic (exact) mass is 1530 g/mol. The van der Waals surface area contributed by atoms with E-state index < -0.39 is 256 Å². The summed E-state index contributed by atoms with van der Waals surface area (Å²) in [6.45, 7) is 13.2. The standard InChI is InChI=1S/C75H123NO31/c1-9-10-11-12-13-14-15-16-17-18-47(84)76-48-41(29-77)100-68(61(52(48)88)105-65-58(94)54(90)59(35(2)99-65)103-63-55(91)49(85)38(80)31-96-63)107-69(95)75-26-25-70(3,4)27-37(75)36-19-20-44-71(5)23-22-46(72(6,34-79)43(71)21-24-73(44,7)74(36,8)28-45(75)83)102-67-62(106-66-57(93)53(89)51(87)42(30-78)101-66)60(40(82)33-98-67)104-64-56(92)50(86)39(81)32-97-64/h19,34-35,37-46,48-68,77-78,80-83,85-94H,9-18,20-33H2,1-8H3,(H,76,84)/t35?,37?,38-,39-,40-,41?,42?,43-,44?,45?,46+,48+,49?,50+,51+,52?,53+,54?,55-,56?,57?,58+,59+,60+,61-,62?,63+,64+,65+,66+,67+,68+,71?,72-,73?,74-,75-/m1/s1. The van der Waals surface area contributed by atoms with Crippen molar-refractivity contribution in [3.63, 3.8) is 0 Å². The molecule has 0 aromatic rings. The highest BCUT2D eigenvalue weighted by atomic mass is 16.8. The lowest BCUT2D eigenvalue weighted by Gasteiger charge is -2.71. The molecule has 6 saturated heterocycles. The third kappa shape index (κ3) is 16.3. The minimum absolute atomic E-state index is 0.0684. The van der Waals surface area contributed by atoms with Crippen molar-refractivity contribution >= 4 is 18.2 Å². The van der Waals surface area contributed by atoms with Crippen molar-refractivity contribution in [2.24, 2.45) is 50.2 Å². The van der Waals surface area contributed by atoms with Gasteiger partial charge in [-0.3, -0.25) is 9.59 Å². The Morgan fingerprint density at radius 3 is 1.71 bits per heavy atom. The van der Waals surface area contributed by atoms with Gasteiger partial charge in [0.25, 0.3) is 0 Å². The van der Waals surface area contributed by atoms with E-state index in [0.29, 0.717) is 44.9 Å². The first-order valence-electron chi connectivity index (χ1n) is 39.1. The number of nitrogens with one attached hydrogen (secondary N) is 1. The van der Waals surface area contributed by atoms with E-state index in [2.05, 4.69) is 52.9 Å². The van der Waals surface area contributed by atoms with Gasteiger partial charge >= 0.3 is 5.97 Å². The molecule has 0 spiro atoms. The summed E-state index contributed by atoms with van der Waals surface area (Å²) in [7, 11) is 0. The number of rotatable bonds is 26. The predicted octanol–water partition coefficient (Wildman–Crippen LogP) is -1.25. The van der Waals surface area contributed by atoms with Gasteiger partial charge in [-0.25, -0.2) is 0 Å². The lowest BCUT2D eigenvalue weighted by atomic mass is 9.33. The van der Waals surface area contributed by atoms with E-state index in [0.717, 1.165) is 50.4 Å². The van der Waals surface area contributed by atoms with Gasteiger partial charge in [0, 0.05) is 6.42 Å². The SMILES string of the molecule is CCCCCCCCCCCC(=O)N[C@H]1C(CO)O[C@@H](OC(=O)[C@]23CCC(C)(C)CC2C2=CCC4C5(C)CC[C@H](O[C@@H]6OC[C@@H](O)[C@H](O[C@@H]7OC[C@@H](O)[C@H](O)C7O)C6O[C@@H]6OC(CO)[C@H](O)[C@H](O)C6O)[C@](C)(C=O)[C@@H]5CCC4(C)[C@]2(C)CC3O)[C@H](O[C@@H]2OC(C)[C@H](O[C@@H]3OC[C@@H](O)C(O)[C@H]3O)C(O)[C@@H]2O)C1O. The molecule has 11 rings (SSSR count). The first kappa shape index (κ1) is 85.2. The Morgan fingerprint density at radius 1 is 0.533 bits per heavy atom. The van der Waals surface area contributed by atoms with E-state index in [4.69, 9.17) is 56.8 Å². The van der Waals surface area contributed by atoms with Gasteiger partial charge in [0.05, 0.1) is 62.8 Å². The Balaban J connectivity index is 0.848. The molecule has 5 aliphatic carbocycles.